The normalized spacial score (nSPS) is 10.3. The Hall–Kier alpha value is -2.04. The molecular formula is C12H14FN3O. The van der Waals surface area contributed by atoms with E-state index in [1.165, 1.54) is 13.2 Å². The number of nitrogens with one attached hydrogen (secondary N) is 1. The molecule has 0 fully saturated rings. The molecule has 1 heterocycles. The van der Waals surface area contributed by atoms with Gasteiger partial charge in [-0.1, -0.05) is 6.07 Å². The molecule has 0 bridgehead atoms. The molecule has 0 aliphatic carbocycles. The number of ether oxygens (including phenoxy) is 1. The molecule has 2 aromatic rings. The highest BCUT2D eigenvalue weighted by Crippen LogP contribution is 2.17. The molecule has 0 radical (unpaired) electrons. The smallest absolute Gasteiger partial charge is 0.148 e. The Morgan fingerprint density at radius 2 is 2.24 bits per heavy atom. The SMILES string of the molecule is COc1ccc(CNc2ccn(C)n2)c(F)c1. The number of halogens is 1. The number of hydrogen-bond acceptors (Lipinski definition) is 3. The van der Waals surface area contributed by atoms with Crippen molar-refractivity contribution in [1.29, 1.82) is 0 Å². The molecule has 0 unspecified atom stereocenters. The quantitative estimate of drug-likeness (QED) is 0.882. The summed E-state index contributed by atoms with van der Waals surface area (Å²) in [7, 11) is 3.35. The predicted molar refractivity (Wildman–Crippen MR) is 63.5 cm³/mol. The van der Waals surface area contributed by atoms with Crippen molar-refractivity contribution in [1.82, 2.24) is 9.78 Å². The van der Waals surface area contributed by atoms with Crippen LogP contribution in [0, 0.1) is 5.82 Å². The molecule has 17 heavy (non-hydrogen) atoms. The summed E-state index contributed by atoms with van der Waals surface area (Å²) < 4.78 is 20.2. The Kier molecular flexibility index (Phi) is 3.27. The third kappa shape index (κ3) is 2.75. The lowest BCUT2D eigenvalue weighted by Gasteiger charge is -2.06. The molecule has 0 spiro atoms. The van der Waals surface area contributed by atoms with Gasteiger partial charge in [0.1, 0.15) is 17.4 Å². The molecule has 0 amide bonds. The predicted octanol–water partition coefficient (Wildman–Crippen LogP) is 2.18. The summed E-state index contributed by atoms with van der Waals surface area (Å²) in [5, 5.41) is 7.19. The Morgan fingerprint density at radius 3 is 2.82 bits per heavy atom. The van der Waals surface area contributed by atoms with Crippen LogP contribution in [0.1, 0.15) is 5.56 Å². The number of aryl methyl sites for hydroxylation is 1. The fraction of sp³-hybridized carbons (Fsp3) is 0.250. The highest BCUT2D eigenvalue weighted by Gasteiger charge is 2.04. The molecule has 0 atom stereocenters. The largest absolute Gasteiger partial charge is 0.497 e. The second-order valence-electron chi connectivity index (χ2n) is 3.69. The summed E-state index contributed by atoms with van der Waals surface area (Å²) in [5.41, 5.74) is 0.580. The van der Waals surface area contributed by atoms with E-state index in [9.17, 15) is 4.39 Å². The minimum Gasteiger partial charge on any atom is -0.497 e. The second-order valence-corrected chi connectivity index (χ2v) is 3.69. The lowest BCUT2D eigenvalue weighted by Crippen LogP contribution is -2.03. The minimum atomic E-state index is -0.284. The standard InChI is InChI=1S/C12H14FN3O/c1-16-6-5-12(15-16)14-8-9-3-4-10(17-2)7-11(9)13/h3-7H,8H2,1-2H3,(H,14,15). The fourth-order valence-electron chi connectivity index (χ4n) is 1.49. The topological polar surface area (TPSA) is 39.1 Å². The molecule has 1 aromatic heterocycles. The van der Waals surface area contributed by atoms with Gasteiger partial charge >= 0.3 is 0 Å². The third-order valence-corrected chi connectivity index (χ3v) is 2.43. The first-order valence-corrected chi connectivity index (χ1v) is 5.25. The van der Waals surface area contributed by atoms with E-state index in [0.29, 0.717) is 17.9 Å². The third-order valence-electron chi connectivity index (χ3n) is 2.43. The van der Waals surface area contributed by atoms with Gasteiger partial charge in [-0.15, -0.1) is 0 Å². The van der Waals surface area contributed by atoms with Gasteiger partial charge < -0.3 is 10.1 Å². The zero-order chi connectivity index (χ0) is 12.3. The van der Waals surface area contributed by atoms with E-state index in [4.69, 9.17) is 4.74 Å². The highest BCUT2D eigenvalue weighted by atomic mass is 19.1. The van der Waals surface area contributed by atoms with Crippen molar-refractivity contribution in [3.05, 3.63) is 41.8 Å². The molecule has 1 aromatic carbocycles. The van der Waals surface area contributed by atoms with Crippen LogP contribution in [0.15, 0.2) is 30.5 Å². The maximum absolute atomic E-state index is 13.6. The van der Waals surface area contributed by atoms with Crippen LogP contribution in [0.3, 0.4) is 0 Å². The molecule has 5 heteroatoms. The van der Waals surface area contributed by atoms with E-state index in [1.807, 2.05) is 19.3 Å². The van der Waals surface area contributed by atoms with E-state index >= 15 is 0 Å². The van der Waals surface area contributed by atoms with Crippen molar-refractivity contribution in [3.8, 4) is 5.75 Å². The number of rotatable bonds is 4. The number of aromatic nitrogens is 2. The Labute approximate surface area is 99.0 Å². The van der Waals surface area contributed by atoms with Gasteiger partial charge in [-0.05, 0) is 6.07 Å². The van der Waals surface area contributed by atoms with Crippen LogP contribution in [0.2, 0.25) is 0 Å². The van der Waals surface area contributed by atoms with Crippen LogP contribution in [-0.4, -0.2) is 16.9 Å². The number of hydrogen-bond donors (Lipinski definition) is 1. The summed E-state index contributed by atoms with van der Waals surface area (Å²) in [6, 6.07) is 6.64. The molecule has 4 nitrogen and oxygen atoms in total. The Bertz CT molecular complexity index is 510. The number of benzene rings is 1. The second kappa shape index (κ2) is 4.86. The summed E-state index contributed by atoms with van der Waals surface area (Å²) in [6.07, 6.45) is 1.83. The zero-order valence-corrected chi connectivity index (χ0v) is 9.77. The van der Waals surface area contributed by atoms with Gasteiger partial charge in [-0.25, -0.2) is 4.39 Å². The van der Waals surface area contributed by atoms with E-state index in [2.05, 4.69) is 10.4 Å². The van der Waals surface area contributed by atoms with E-state index in [-0.39, 0.29) is 5.82 Å². The zero-order valence-electron chi connectivity index (χ0n) is 9.77. The van der Waals surface area contributed by atoms with Crippen LogP contribution in [0.4, 0.5) is 10.2 Å². The van der Waals surface area contributed by atoms with Crippen LogP contribution in [-0.2, 0) is 13.6 Å². The molecule has 0 saturated carbocycles. The van der Waals surface area contributed by atoms with Crippen LogP contribution >= 0.6 is 0 Å². The summed E-state index contributed by atoms with van der Waals surface area (Å²) in [5.74, 6) is 0.958. The van der Waals surface area contributed by atoms with Crippen molar-refractivity contribution in [2.75, 3.05) is 12.4 Å². The molecule has 1 N–H and O–H groups in total. The van der Waals surface area contributed by atoms with Crippen molar-refractivity contribution >= 4 is 5.82 Å². The van der Waals surface area contributed by atoms with E-state index < -0.39 is 0 Å². The molecule has 90 valence electrons. The average Bonchev–Trinajstić information content (AvgIpc) is 2.73. The van der Waals surface area contributed by atoms with Crippen LogP contribution in [0.25, 0.3) is 0 Å². The van der Waals surface area contributed by atoms with Gasteiger partial charge in [-0.2, -0.15) is 5.10 Å². The van der Waals surface area contributed by atoms with Crippen LogP contribution in [0.5, 0.6) is 5.75 Å². The van der Waals surface area contributed by atoms with Gasteiger partial charge in [0.05, 0.1) is 7.11 Å². The number of methoxy groups -OCH3 is 1. The lowest BCUT2D eigenvalue weighted by atomic mass is 10.2. The fourth-order valence-corrected chi connectivity index (χ4v) is 1.49. The first kappa shape index (κ1) is 11.4. The van der Waals surface area contributed by atoms with E-state index in [0.717, 1.165) is 5.82 Å². The number of anilines is 1. The first-order valence-electron chi connectivity index (χ1n) is 5.25. The van der Waals surface area contributed by atoms with Crippen molar-refractivity contribution < 1.29 is 9.13 Å². The van der Waals surface area contributed by atoms with Crippen molar-refractivity contribution in [2.45, 2.75) is 6.54 Å². The molecule has 0 saturated heterocycles. The molecule has 2 rings (SSSR count). The summed E-state index contributed by atoms with van der Waals surface area (Å²) in [6.45, 7) is 0.396. The minimum absolute atomic E-state index is 0.284. The summed E-state index contributed by atoms with van der Waals surface area (Å²) >= 11 is 0. The highest BCUT2D eigenvalue weighted by molar-refractivity contribution is 5.36. The molecule has 0 aliphatic heterocycles. The van der Waals surface area contributed by atoms with Crippen LogP contribution < -0.4 is 10.1 Å². The Morgan fingerprint density at radius 1 is 1.41 bits per heavy atom. The number of nitrogens with zero attached hydrogens (tertiary/aromatic N) is 2. The maximum atomic E-state index is 13.6. The van der Waals surface area contributed by atoms with Gasteiger partial charge in [0.2, 0.25) is 0 Å². The van der Waals surface area contributed by atoms with Gasteiger partial charge in [0, 0.05) is 37.5 Å². The Balaban J connectivity index is 2.04. The van der Waals surface area contributed by atoms with Gasteiger partial charge in [0.25, 0.3) is 0 Å². The van der Waals surface area contributed by atoms with Crippen molar-refractivity contribution in [2.24, 2.45) is 7.05 Å². The first-order chi connectivity index (χ1) is 8.19. The molecular weight excluding hydrogens is 221 g/mol. The monoisotopic (exact) mass is 235 g/mol. The lowest BCUT2D eigenvalue weighted by molar-refractivity contribution is 0.411. The van der Waals surface area contributed by atoms with Gasteiger partial charge in [0.15, 0.2) is 0 Å². The van der Waals surface area contributed by atoms with Crippen molar-refractivity contribution in [3.63, 3.8) is 0 Å². The maximum Gasteiger partial charge on any atom is 0.148 e. The van der Waals surface area contributed by atoms with Gasteiger partial charge in [-0.3, -0.25) is 4.68 Å². The van der Waals surface area contributed by atoms with E-state index in [1.54, 1.807) is 16.8 Å². The molecule has 0 aliphatic rings. The summed E-state index contributed by atoms with van der Waals surface area (Å²) in [4.78, 5) is 0. The average molecular weight is 235 g/mol.